The van der Waals surface area contributed by atoms with E-state index in [1.807, 2.05) is 18.3 Å². The SMILES string of the molecule is CC(C)(C)c1cc(-c2cc(-c3cccc4c5ccccc5n(-c5ccccc5)c34)ccn2)[c-]c(-c2cc(C(C)(C)C)cc3c2nc(-c2ccc(-c4c(C(C)(C)C)ccc5cc(C(C)(C)C)ccc45)cc2O)n3-c2ccccc2)c1.[Pt]. The summed E-state index contributed by atoms with van der Waals surface area (Å²) in [4.78, 5) is 10.8. The number of pyridine rings is 1. The molecular weight excluding hydrogens is 1160 g/mol. The van der Waals surface area contributed by atoms with Crippen molar-refractivity contribution in [3.63, 3.8) is 0 Å². The fourth-order valence-corrected chi connectivity index (χ4v) is 11.6. The van der Waals surface area contributed by atoms with Gasteiger partial charge in [-0.15, -0.1) is 29.3 Å². The van der Waals surface area contributed by atoms with Gasteiger partial charge >= 0.3 is 0 Å². The van der Waals surface area contributed by atoms with E-state index in [1.165, 1.54) is 38.2 Å². The van der Waals surface area contributed by atoms with Gasteiger partial charge in [0.2, 0.25) is 0 Å². The maximum Gasteiger partial charge on any atom is 0.148 e. The molecule has 80 heavy (non-hydrogen) atoms. The Morgan fingerprint density at radius 2 is 1.07 bits per heavy atom. The van der Waals surface area contributed by atoms with Gasteiger partial charge in [0.15, 0.2) is 0 Å². The molecule has 0 amide bonds. The molecule has 0 aliphatic rings. The minimum absolute atomic E-state index is 0. The zero-order chi connectivity index (χ0) is 55.3. The number of phenolic OH excluding ortho intramolecular Hbond substituents is 1. The zero-order valence-electron chi connectivity index (χ0n) is 48.0. The van der Waals surface area contributed by atoms with Crippen molar-refractivity contribution in [2.45, 2.75) is 105 Å². The number of rotatable bonds is 7. The molecule has 3 heterocycles. The van der Waals surface area contributed by atoms with Crippen molar-refractivity contribution in [3.8, 4) is 73.2 Å². The van der Waals surface area contributed by atoms with Crippen molar-refractivity contribution in [3.05, 3.63) is 223 Å². The minimum Gasteiger partial charge on any atom is -0.507 e. The molecule has 0 atom stereocenters. The molecular formula is C74H69N4OPt-. The van der Waals surface area contributed by atoms with Gasteiger partial charge in [-0.25, -0.2) is 4.98 Å². The van der Waals surface area contributed by atoms with Gasteiger partial charge in [0.25, 0.3) is 0 Å². The average Bonchev–Trinajstić information content (AvgIpc) is 4.21. The monoisotopic (exact) mass is 1220 g/mol. The van der Waals surface area contributed by atoms with E-state index in [0.717, 1.165) is 83.7 Å². The van der Waals surface area contributed by atoms with E-state index in [0.29, 0.717) is 11.4 Å². The van der Waals surface area contributed by atoms with Crippen LogP contribution in [0.1, 0.15) is 105 Å². The van der Waals surface area contributed by atoms with E-state index in [2.05, 4.69) is 274 Å². The molecule has 0 saturated carbocycles. The molecule has 0 saturated heterocycles. The zero-order valence-corrected chi connectivity index (χ0v) is 50.3. The summed E-state index contributed by atoms with van der Waals surface area (Å²) in [6.45, 7) is 27.2. The van der Waals surface area contributed by atoms with Gasteiger partial charge in [-0.3, -0.25) is 9.55 Å². The van der Waals surface area contributed by atoms with Crippen molar-refractivity contribution >= 4 is 43.6 Å². The summed E-state index contributed by atoms with van der Waals surface area (Å²) in [5.74, 6) is 0.824. The van der Waals surface area contributed by atoms with Gasteiger partial charge in [0.05, 0.1) is 27.6 Å². The summed E-state index contributed by atoms with van der Waals surface area (Å²) < 4.78 is 4.62. The van der Waals surface area contributed by atoms with Gasteiger partial charge in [0, 0.05) is 60.7 Å². The second kappa shape index (κ2) is 20.0. The second-order valence-electron chi connectivity index (χ2n) is 25.7. The van der Waals surface area contributed by atoms with Crippen LogP contribution < -0.4 is 0 Å². The number of imidazole rings is 1. The first-order valence-electron chi connectivity index (χ1n) is 27.8. The van der Waals surface area contributed by atoms with Crippen LogP contribution >= 0.6 is 0 Å². The molecule has 6 heteroatoms. The van der Waals surface area contributed by atoms with Crippen molar-refractivity contribution in [2.75, 3.05) is 0 Å². The Kier molecular flexibility index (Phi) is 13.6. The standard InChI is InChI=1S/C74H69N4O.Pt/c1-71(2,3)51-32-34-56-46(39-51)31-35-62(74(10,11)12)67(56)48-30-33-60(66(79)43-48)70-76-68-61(44-53(73(7,8)9)45-65(68)78(70)55-24-17-14-18-25-55)49-38-50(41-52(40-49)72(4,5)6)63-42-47(36-37-75-63)57-27-21-28-59-58-26-19-20-29-64(58)77(69(57)59)54-22-15-13-16-23-54;/h13-37,39-45,79H,1-12H3;/q-1;. The number of hydrogen-bond acceptors (Lipinski definition) is 3. The molecule has 12 aromatic rings. The number of para-hydroxylation sites is 4. The molecule has 0 bridgehead atoms. The van der Waals surface area contributed by atoms with Crippen LogP contribution in [-0.2, 0) is 42.7 Å². The van der Waals surface area contributed by atoms with Crippen LogP contribution in [0.15, 0.2) is 194 Å². The maximum atomic E-state index is 12.6. The number of phenols is 1. The summed E-state index contributed by atoms with van der Waals surface area (Å²) in [5.41, 5.74) is 19.0. The summed E-state index contributed by atoms with van der Waals surface area (Å²) >= 11 is 0. The molecule has 9 aromatic carbocycles. The smallest absolute Gasteiger partial charge is 0.148 e. The van der Waals surface area contributed by atoms with Crippen LogP contribution in [0, 0.1) is 6.07 Å². The number of aromatic hydroxyl groups is 1. The van der Waals surface area contributed by atoms with Crippen LogP contribution in [0.25, 0.3) is 111 Å². The molecule has 0 unspecified atom stereocenters. The number of fused-ring (bicyclic) bond motifs is 5. The summed E-state index contributed by atoms with van der Waals surface area (Å²) in [7, 11) is 0. The quantitative estimate of drug-likeness (QED) is 0.162. The van der Waals surface area contributed by atoms with Crippen LogP contribution in [0.2, 0.25) is 0 Å². The van der Waals surface area contributed by atoms with Gasteiger partial charge in [-0.05, 0) is 120 Å². The Morgan fingerprint density at radius 3 is 1.75 bits per heavy atom. The van der Waals surface area contributed by atoms with Crippen LogP contribution in [0.5, 0.6) is 5.75 Å². The summed E-state index contributed by atoms with van der Waals surface area (Å²) in [6, 6.07) is 71.4. The van der Waals surface area contributed by atoms with Crippen molar-refractivity contribution in [1.82, 2.24) is 19.1 Å². The first kappa shape index (κ1) is 54.1. The number of nitrogens with zero attached hydrogens (tertiary/aromatic N) is 4. The predicted molar refractivity (Wildman–Crippen MR) is 333 cm³/mol. The van der Waals surface area contributed by atoms with E-state index < -0.39 is 0 Å². The molecule has 402 valence electrons. The van der Waals surface area contributed by atoms with E-state index in [9.17, 15) is 5.11 Å². The molecule has 0 aliphatic heterocycles. The van der Waals surface area contributed by atoms with Crippen LogP contribution in [0.4, 0.5) is 0 Å². The Morgan fingerprint density at radius 1 is 0.438 bits per heavy atom. The van der Waals surface area contributed by atoms with Crippen molar-refractivity contribution in [1.29, 1.82) is 0 Å². The molecule has 3 aromatic heterocycles. The molecule has 0 spiro atoms. The Bertz CT molecular complexity index is 4340. The van der Waals surface area contributed by atoms with Crippen molar-refractivity contribution < 1.29 is 26.2 Å². The van der Waals surface area contributed by atoms with Gasteiger partial charge < -0.3 is 9.67 Å². The van der Waals surface area contributed by atoms with Crippen LogP contribution in [-0.4, -0.2) is 24.2 Å². The van der Waals surface area contributed by atoms with E-state index in [1.54, 1.807) is 0 Å². The first-order chi connectivity index (χ1) is 37.6. The molecule has 0 fully saturated rings. The second-order valence-corrected chi connectivity index (χ2v) is 25.7. The Labute approximate surface area is 486 Å². The molecule has 0 aliphatic carbocycles. The van der Waals surface area contributed by atoms with Crippen LogP contribution in [0.3, 0.4) is 0 Å². The van der Waals surface area contributed by atoms with E-state index >= 15 is 0 Å². The Balaban J connectivity index is 0.00000675. The number of benzene rings is 9. The Hall–Kier alpha value is -7.85. The fourth-order valence-electron chi connectivity index (χ4n) is 11.6. The van der Waals surface area contributed by atoms with E-state index in [4.69, 9.17) is 9.97 Å². The third-order valence-electron chi connectivity index (χ3n) is 15.9. The third kappa shape index (κ3) is 9.68. The van der Waals surface area contributed by atoms with Gasteiger partial charge in [0.1, 0.15) is 11.6 Å². The fraction of sp³-hybridized carbons (Fsp3) is 0.216. The predicted octanol–water partition coefficient (Wildman–Crippen LogP) is 19.7. The van der Waals surface area contributed by atoms with Gasteiger partial charge in [-0.1, -0.05) is 216 Å². The van der Waals surface area contributed by atoms with Crippen molar-refractivity contribution in [2.24, 2.45) is 0 Å². The maximum absolute atomic E-state index is 12.6. The topological polar surface area (TPSA) is 55.9 Å². The molecule has 12 rings (SSSR count). The molecule has 1 N–H and O–H groups in total. The van der Waals surface area contributed by atoms with E-state index in [-0.39, 0.29) is 48.5 Å². The first-order valence-corrected chi connectivity index (χ1v) is 27.8. The largest absolute Gasteiger partial charge is 0.507 e. The van der Waals surface area contributed by atoms with Gasteiger partial charge in [-0.2, -0.15) is 0 Å². The summed E-state index contributed by atoms with van der Waals surface area (Å²) in [5, 5.41) is 17.4. The summed E-state index contributed by atoms with van der Waals surface area (Å²) in [6.07, 6.45) is 1.94. The average molecular weight is 1230 g/mol. The minimum atomic E-state index is -0.223. The molecule has 5 nitrogen and oxygen atoms in total. The third-order valence-corrected chi connectivity index (χ3v) is 15.9. The number of hydrogen-bond donors (Lipinski definition) is 1. The normalized spacial score (nSPS) is 12.4. The number of aromatic nitrogens is 4. The molecule has 0 radical (unpaired) electrons.